The van der Waals surface area contributed by atoms with E-state index in [1.54, 1.807) is 0 Å². The number of nitrogen functional groups attached to an aromatic ring is 1. The summed E-state index contributed by atoms with van der Waals surface area (Å²) in [5.41, 5.74) is 16.5. The third kappa shape index (κ3) is 5.42. The molecule has 2 aromatic rings. The molecule has 13 heteroatoms. The Morgan fingerprint density at radius 1 is 1.36 bits per heavy atom. The number of alkyl halides is 2. The standard InChI is InChI=1S/C20H23F4N7OS/c1-28-17(31-6-5-10(26)7-20(23,24)9-31)13(8-25)29-18(32)15-16(27)33-19(30-15)14-11(21)3-2-4-12(14)22/h2-4,8,10H,5-7,9,25-27H2,1H3,(H,29,32)/b13-8+,28-17?. The second-order valence-corrected chi connectivity index (χ2v) is 8.47. The number of benzene rings is 1. The van der Waals surface area contributed by atoms with Crippen LogP contribution in [0.15, 0.2) is 35.1 Å². The molecule has 0 saturated carbocycles. The number of likely N-dealkylation sites (tertiary alicyclic amines) is 1. The van der Waals surface area contributed by atoms with Crippen LogP contribution in [0.25, 0.3) is 10.6 Å². The zero-order chi connectivity index (χ0) is 24.3. The van der Waals surface area contributed by atoms with Crippen LogP contribution in [0.1, 0.15) is 23.3 Å². The highest BCUT2D eigenvalue weighted by molar-refractivity contribution is 7.19. The molecule has 7 N–H and O–H groups in total. The number of amidine groups is 1. The van der Waals surface area contributed by atoms with E-state index in [-0.39, 0.29) is 40.2 Å². The molecule has 1 aliphatic heterocycles. The first-order valence-electron chi connectivity index (χ1n) is 9.85. The number of anilines is 1. The molecule has 8 nitrogen and oxygen atoms in total. The molecule has 1 unspecified atom stereocenters. The maximum absolute atomic E-state index is 14.2. The van der Waals surface area contributed by atoms with Gasteiger partial charge < -0.3 is 27.4 Å². The smallest absolute Gasteiger partial charge is 0.277 e. The third-order valence-corrected chi connectivity index (χ3v) is 5.87. The van der Waals surface area contributed by atoms with E-state index < -0.39 is 48.0 Å². The number of halogens is 4. The van der Waals surface area contributed by atoms with E-state index >= 15 is 0 Å². The second-order valence-electron chi connectivity index (χ2n) is 7.44. The fourth-order valence-electron chi connectivity index (χ4n) is 3.50. The minimum Gasteiger partial charge on any atom is -0.403 e. The predicted molar refractivity (Wildman–Crippen MR) is 119 cm³/mol. The first-order chi connectivity index (χ1) is 15.6. The summed E-state index contributed by atoms with van der Waals surface area (Å²) in [6, 6.07) is 2.62. The van der Waals surface area contributed by atoms with Crippen molar-refractivity contribution in [2.75, 3.05) is 25.9 Å². The van der Waals surface area contributed by atoms with Crippen molar-refractivity contribution in [1.82, 2.24) is 15.2 Å². The lowest BCUT2D eigenvalue weighted by Gasteiger charge is -2.28. The lowest BCUT2D eigenvalue weighted by molar-refractivity contribution is -0.0203. The maximum Gasteiger partial charge on any atom is 0.277 e. The number of carbonyl (C=O) groups is 1. The molecular formula is C20H23F4N7OS. The van der Waals surface area contributed by atoms with Crippen molar-refractivity contribution in [1.29, 1.82) is 0 Å². The molecule has 33 heavy (non-hydrogen) atoms. The molecule has 1 fully saturated rings. The van der Waals surface area contributed by atoms with Crippen LogP contribution < -0.4 is 22.5 Å². The fraction of sp³-hybridized carbons (Fsp3) is 0.350. The van der Waals surface area contributed by atoms with Crippen molar-refractivity contribution in [3.63, 3.8) is 0 Å². The summed E-state index contributed by atoms with van der Waals surface area (Å²) < 4.78 is 56.7. The molecule has 178 valence electrons. The summed E-state index contributed by atoms with van der Waals surface area (Å²) >= 11 is 0.725. The van der Waals surface area contributed by atoms with Crippen molar-refractivity contribution in [2.24, 2.45) is 16.5 Å². The van der Waals surface area contributed by atoms with E-state index in [4.69, 9.17) is 17.2 Å². The summed E-state index contributed by atoms with van der Waals surface area (Å²) in [5, 5.41) is 2.23. The zero-order valence-corrected chi connectivity index (χ0v) is 18.4. The molecule has 1 saturated heterocycles. The molecule has 1 atom stereocenters. The molecule has 0 aliphatic carbocycles. The molecule has 0 bridgehead atoms. The molecule has 3 rings (SSSR count). The first-order valence-corrected chi connectivity index (χ1v) is 10.7. The number of hydrogen-bond acceptors (Lipinski definition) is 7. The number of hydrogen-bond donors (Lipinski definition) is 4. The lowest BCUT2D eigenvalue weighted by Crippen LogP contribution is -2.44. The number of thiazole rings is 1. The Hall–Kier alpha value is -3.19. The molecule has 1 aromatic heterocycles. The number of aromatic nitrogens is 1. The Morgan fingerprint density at radius 2 is 2.03 bits per heavy atom. The van der Waals surface area contributed by atoms with Gasteiger partial charge in [-0.15, -0.1) is 0 Å². The number of aliphatic imine (C=N–C) groups is 1. The van der Waals surface area contributed by atoms with Gasteiger partial charge in [-0.2, -0.15) is 0 Å². The van der Waals surface area contributed by atoms with E-state index in [9.17, 15) is 22.4 Å². The Bertz CT molecular complexity index is 1080. The van der Waals surface area contributed by atoms with Gasteiger partial charge in [0.1, 0.15) is 27.5 Å². The van der Waals surface area contributed by atoms with Crippen molar-refractivity contribution in [3.8, 4) is 10.6 Å². The Balaban J connectivity index is 1.85. The number of nitrogens with zero attached hydrogens (tertiary/aromatic N) is 3. The van der Waals surface area contributed by atoms with E-state index in [0.29, 0.717) is 0 Å². The van der Waals surface area contributed by atoms with Crippen molar-refractivity contribution in [3.05, 3.63) is 47.4 Å². The fourth-order valence-corrected chi connectivity index (χ4v) is 4.38. The van der Waals surface area contributed by atoms with Crippen LogP contribution in [-0.2, 0) is 0 Å². The number of amides is 1. The van der Waals surface area contributed by atoms with Crippen molar-refractivity contribution >= 4 is 28.1 Å². The molecule has 1 aromatic carbocycles. The van der Waals surface area contributed by atoms with Gasteiger partial charge in [-0.25, -0.2) is 22.5 Å². The minimum atomic E-state index is -3.06. The minimum absolute atomic E-state index is 0.0220. The van der Waals surface area contributed by atoms with Crippen LogP contribution in [0.2, 0.25) is 0 Å². The number of carbonyl (C=O) groups excluding carboxylic acids is 1. The summed E-state index contributed by atoms with van der Waals surface area (Å²) in [6.07, 6.45) is 0.819. The summed E-state index contributed by atoms with van der Waals surface area (Å²) in [7, 11) is 1.37. The van der Waals surface area contributed by atoms with Crippen molar-refractivity contribution < 1.29 is 22.4 Å². The molecule has 0 spiro atoms. The zero-order valence-electron chi connectivity index (χ0n) is 17.6. The Morgan fingerprint density at radius 3 is 2.64 bits per heavy atom. The summed E-state index contributed by atoms with van der Waals surface area (Å²) in [5.74, 6) is -5.61. The van der Waals surface area contributed by atoms with Gasteiger partial charge in [0.05, 0.1) is 17.8 Å². The first kappa shape index (κ1) is 24.5. The molecule has 1 amide bonds. The summed E-state index contributed by atoms with van der Waals surface area (Å²) in [4.78, 5) is 22.1. The van der Waals surface area contributed by atoms with Crippen LogP contribution in [0.5, 0.6) is 0 Å². The molecule has 1 aliphatic rings. The molecular weight excluding hydrogens is 462 g/mol. The van der Waals surface area contributed by atoms with Gasteiger partial charge in [-0.05, 0) is 18.6 Å². The van der Waals surface area contributed by atoms with Gasteiger partial charge in [0.25, 0.3) is 11.8 Å². The molecule has 2 heterocycles. The Kier molecular flexibility index (Phi) is 7.22. The number of nitrogens with one attached hydrogen (secondary N) is 1. The summed E-state index contributed by atoms with van der Waals surface area (Å²) in [6.45, 7) is -0.484. The van der Waals surface area contributed by atoms with Crippen LogP contribution in [0, 0.1) is 11.6 Å². The normalized spacial score (nSPS) is 19.3. The topological polar surface area (TPSA) is 136 Å². The van der Waals surface area contributed by atoms with E-state index in [1.165, 1.54) is 18.0 Å². The Labute approximate surface area is 191 Å². The quantitative estimate of drug-likeness (QED) is 0.298. The average molecular weight is 486 g/mol. The molecule has 0 radical (unpaired) electrons. The van der Waals surface area contributed by atoms with Crippen molar-refractivity contribution in [2.45, 2.75) is 24.8 Å². The van der Waals surface area contributed by atoms with Gasteiger partial charge in [0.15, 0.2) is 5.69 Å². The largest absolute Gasteiger partial charge is 0.403 e. The number of rotatable bonds is 4. The average Bonchev–Trinajstić information content (AvgIpc) is 3.05. The highest BCUT2D eigenvalue weighted by Crippen LogP contribution is 2.33. The monoisotopic (exact) mass is 485 g/mol. The van der Waals surface area contributed by atoms with E-state index in [1.807, 2.05) is 0 Å². The van der Waals surface area contributed by atoms with Gasteiger partial charge >= 0.3 is 0 Å². The number of nitrogens with two attached hydrogens (primary N) is 3. The maximum atomic E-state index is 14.2. The second kappa shape index (κ2) is 9.75. The van der Waals surface area contributed by atoms with Crippen LogP contribution in [0.4, 0.5) is 22.6 Å². The van der Waals surface area contributed by atoms with E-state index in [2.05, 4.69) is 15.3 Å². The highest BCUT2D eigenvalue weighted by atomic mass is 32.1. The van der Waals surface area contributed by atoms with Crippen LogP contribution in [-0.4, -0.2) is 53.7 Å². The van der Waals surface area contributed by atoms with E-state index in [0.717, 1.165) is 29.7 Å². The van der Waals surface area contributed by atoms with Gasteiger partial charge in [-0.3, -0.25) is 9.79 Å². The lowest BCUT2D eigenvalue weighted by atomic mass is 10.1. The SMILES string of the molecule is CN=C(/C(=C\N)NC(=O)c1nc(-c2c(F)cccc2F)sc1N)N1CCC(N)CC(F)(F)C1. The van der Waals surface area contributed by atoms with Gasteiger partial charge in [-0.1, -0.05) is 17.4 Å². The highest BCUT2D eigenvalue weighted by Gasteiger charge is 2.38. The predicted octanol–water partition coefficient (Wildman–Crippen LogP) is 2.29. The van der Waals surface area contributed by atoms with Crippen LogP contribution >= 0.6 is 11.3 Å². The van der Waals surface area contributed by atoms with Gasteiger partial charge in [0.2, 0.25) is 0 Å². The third-order valence-electron chi connectivity index (χ3n) is 4.97. The van der Waals surface area contributed by atoms with Gasteiger partial charge in [0, 0.05) is 32.3 Å². The van der Waals surface area contributed by atoms with Crippen LogP contribution in [0.3, 0.4) is 0 Å².